The molecule has 10 aliphatic rings. The van der Waals surface area contributed by atoms with Crippen LogP contribution < -0.4 is 19.6 Å². The van der Waals surface area contributed by atoms with Crippen molar-refractivity contribution >= 4 is 90.4 Å². The second-order valence-corrected chi connectivity index (χ2v) is 43.5. The molecule has 8 aliphatic heterocycles. The van der Waals surface area contributed by atoms with E-state index in [1.54, 1.807) is 48.5 Å². The molecule has 27 heteroatoms. The fourth-order valence-corrected chi connectivity index (χ4v) is 24.4. The average molecular weight is 2030 g/mol. The molecule has 0 amide bonds. The van der Waals surface area contributed by atoms with Crippen molar-refractivity contribution in [2.45, 2.75) is 213 Å². The van der Waals surface area contributed by atoms with Crippen LogP contribution in [0.5, 0.6) is 0 Å². The Kier molecular flexibility index (Phi) is 34.1. The van der Waals surface area contributed by atoms with Crippen LogP contribution in [0.4, 0.5) is 28.4 Å². The Bertz CT molecular complexity index is 6950. The van der Waals surface area contributed by atoms with Crippen LogP contribution in [0.15, 0.2) is 146 Å². The van der Waals surface area contributed by atoms with E-state index in [0.717, 1.165) is 299 Å². The first kappa shape index (κ1) is 108. The zero-order valence-corrected chi connectivity index (χ0v) is 90.2. The zero-order chi connectivity index (χ0) is 106. The quantitative estimate of drug-likeness (QED) is 0.0350. The molecule has 11 heterocycles. The average Bonchev–Trinajstić information content (AvgIpc) is 1.34. The van der Waals surface area contributed by atoms with Crippen LogP contribution in [-0.4, -0.2) is 264 Å². The number of H-pyrrole nitrogens is 3. The van der Waals surface area contributed by atoms with E-state index < -0.39 is 22.4 Å². The molecule has 0 spiro atoms. The van der Waals surface area contributed by atoms with Crippen LogP contribution >= 0.6 is 0 Å². The van der Waals surface area contributed by atoms with Gasteiger partial charge in [-0.05, 0) is 220 Å². The summed E-state index contributed by atoms with van der Waals surface area (Å²) >= 11 is 0. The molecular weight excluding hydrogens is 1880 g/mol. The lowest BCUT2D eigenvalue weighted by Gasteiger charge is -2.42. The highest BCUT2D eigenvalue weighted by atomic mass is 16.5. The minimum Gasteiger partial charge on any atom is -0.478 e. The van der Waals surface area contributed by atoms with Crippen molar-refractivity contribution in [3.63, 3.8) is 0 Å². The van der Waals surface area contributed by atoms with Crippen molar-refractivity contribution in [1.82, 2.24) is 34.6 Å². The summed E-state index contributed by atoms with van der Waals surface area (Å²) in [6, 6.07) is 54.8. The highest BCUT2D eigenvalue weighted by molar-refractivity contribution is 6.21. The maximum absolute atomic E-state index is 13.9. The molecule has 8 saturated heterocycles. The number of fused-ring (bicyclic) bond motifs is 7. The zero-order valence-electron chi connectivity index (χ0n) is 90.2. The number of esters is 2. The smallest absolute Gasteiger partial charge is 0.340 e. The number of carbonyl (C=O) groups is 4. The number of methoxy groups -OCH3 is 2. The monoisotopic (exact) mass is 2030 g/mol. The number of ether oxygens (including phenoxy) is 6. The fraction of sp³-hybridized carbons (Fsp3) is 0.480. The number of carboxylic acids is 1. The number of piperidine rings is 4. The van der Waals surface area contributed by atoms with E-state index in [1.165, 1.54) is 72.1 Å². The standard InChI is InChI=1S/C31H38N4O3.C30H36N4O3.C30H34N4O2.C20H32N2O2.C12H9NO2/c1-5-22-7-8-23(19-27(22)35-12-10-24(11-13-35)34-14-16-38-17-15-34)31(2,3)29-28(30(36)37-4)25-9-6-21(20-32)18-26(25)33-29;1-4-21-6-7-22(18-26(21)34-11-9-23(10-12-34)33-13-15-37-16-14-33)30(2,3)28-27(29(35)36)24-8-5-20(19-31)17-25(24)32-28;1-4-20-16-23-24(17-26(20)34-9-7-21(8-10-34)33-11-13-36-14-12-33)30(2,3)29-27(28(23)35)22-6-5-19(18-31)15-25(22)32-29;1-4-16-5-6-17(20(2,3)23)15-19(16)22-9-7-18(8-10-22)21-11-13-24-14-12-21;1-13-9-4-6-10-8(7-9)3-5-11(10)12(14)15-2/h6-9,18-19,24,33H,5,10-17H2,1-4H3;5-8,17-18,23,32H,4,9-16H2,1-3H3,(H,35,36);5-6,15-17,21,32H,4,7-14H2,1-3H3;5-6,15,18,23H,4,7-14H2,1-3H3;4-7H,3H2,2H3. The number of hydrogen-bond acceptors (Lipinski definition) is 22. The van der Waals surface area contributed by atoms with E-state index in [9.17, 15) is 45.2 Å². The van der Waals surface area contributed by atoms with E-state index in [0.29, 0.717) is 80.7 Å². The van der Waals surface area contributed by atoms with Gasteiger partial charge in [-0.3, -0.25) is 24.4 Å². The van der Waals surface area contributed by atoms with Crippen molar-refractivity contribution in [3.05, 3.63) is 269 Å². The van der Waals surface area contributed by atoms with Crippen LogP contribution in [0.2, 0.25) is 0 Å². The molecule has 27 nitrogen and oxygen atoms in total. The second kappa shape index (κ2) is 47.3. The predicted octanol–water partition coefficient (Wildman–Crippen LogP) is 19.8. The van der Waals surface area contributed by atoms with Crippen LogP contribution in [0.3, 0.4) is 0 Å². The largest absolute Gasteiger partial charge is 0.478 e. The number of benzene rings is 8. The molecule has 3 aromatic heterocycles. The number of nitrogens with one attached hydrogen (secondary N) is 3. The number of aromatic amines is 3. The van der Waals surface area contributed by atoms with Gasteiger partial charge in [0.25, 0.3) is 0 Å². The molecule has 11 aromatic rings. The van der Waals surface area contributed by atoms with Gasteiger partial charge in [-0.1, -0.05) is 148 Å². The van der Waals surface area contributed by atoms with Gasteiger partial charge in [0.2, 0.25) is 0 Å². The molecule has 788 valence electrons. The minimum absolute atomic E-state index is 0.0857. The van der Waals surface area contributed by atoms with Crippen LogP contribution in [0, 0.1) is 40.6 Å². The highest BCUT2D eigenvalue weighted by Gasteiger charge is 2.44. The SMILES string of the molecule is CCc1cc2c(cc1N1CCC(N3CCOCC3)CC1)C(C)(C)c1[nH]c3cc(C#N)ccc3c1C2=O.CCc1ccc(C(C)(C)O)cc1N1CCC(N2CCOCC2)CC1.CCc1ccc(C(C)(C)c2[nH]c3cc(C#N)ccc3c2C(=O)O)cc1N1CCC(N2CCOCC2)CC1.CCc1ccc(C(C)(C)c2[nH]c3cc(C#N)ccc3c2C(=O)OC)cc1N1CCC(N2CCOCC2)CC1.[C-]#[N+]c1ccc2c(c1)CC=C2C(=O)OC. The van der Waals surface area contributed by atoms with Crippen LogP contribution in [0.1, 0.15) is 260 Å². The first-order valence-corrected chi connectivity index (χ1v) is 54.3. The first-order valence-electron chi connectivity index (χ1n) is 54.3. The molecule has 0 saturated carbocycles. The number of allylic oxidation sites excluding steroid dienone is 1. The third-order valence-electron chi connectivity index (χ3n) is 33.5. The summed E-state index contributed by atoms with van der Waals surface area (Å²) < 4.78 is 32.0. The predicted molar refractivity (Wildman–Crippen MR) is 593 cm³/mol. The number of ketones is 1. The summed E-state index contributed by atoms with van der Waals surface area (Å²) in [6.07, 6.45) is 15.7. The number of nitrogens with zero attached hydrogens (tertiary/aromatic N) is 12. The van der Waals surface area contributed by atoms with E-state index in [4.69, 9.17) is 30.3 Å². The van der Waals surface area contributed by atoms with Crippen molar-refractivity contribution in [2.24, 2.45) is 0 Å². The first-order chi connectivity index (χ1) is 72.4. The Morgan fingerprint density at radius 2 is 0.800 bits per heavy atom. The Hall–Kier alpha value is -13.0. The number of morpholine rings is 4. The lowest BCUT2D eigenvalue weighted by atomic mass is 9.70. The normalized spacial score (nSPS) is 18.3. The Morgan fingerprint density at radius 3 is 1.17 bits per heavy atom. The van der Waals surface area contributed by atoms with Gasteiger partial charge in [-0.15, -0.1) is 0 Å². The molecule has 150 heavy (non-hydrogen) atoms. The van der Waals surface area contributed by atoms with E-state index in [2.05, 4.69) is 218 Å². The van der Waals surface area contributed by atoms with E-state index in [-0.39, 0.29) is 28.7 Å². The molecule has 8 fully saturated rings. The molecule has 2 aliphatic carbocycles. The van der Waals surface area contributed by atoms with E-state index in [1.807, 2.05) is 44.2 Å². The van der Waals surface area contributed by atoms with Gasteiger partial charge in [-0.25, -0.2) is 19.2 Å². The molecule has 0 bridgehead atoms. The number of anilines is 4. The molecule has 0 atom stereocenters. The molecule has 0 unspecified atom stereocenters. The van der Waals surface area contributed by atoms with Gasteiger partial charge >= 0.3 is 17.9 Å². The third kappa shape index (κ3) is 22.9. The number of aryl methyl sites for hydroxylation is 4. The number of carbonyl (C=O) groups excluding carboxylic acids is 3. The number of aliphatic hydroxyl groups is 1. The lowest BCUT2D eigenvalue weighted by molar-refractivity contribution is -0.133. The van der Waals surface area contributed by atoms with Gasteiger partial charge in [0, 0.05) is 223 Å². The van der Waals surface area contributed by atoms with Gasteiger partial charge in [0.05, 0.1) is 136 Å². The second-order valence-electron chi connectivity index (χ2n) is 43.5. The lowest BCUT2D eigenvalue weighted by Crippen LogP contribution is -2.49. The molecular formula is C123H149N15O12. The number of hydrogen-bond donors (Lipinski definition) is 5. The summed E-state index contributed by atoms with van der Waals surface area (Å²) in [5.74, 6) is -1.57. The summed E-state index contributed by atoms with van der Waals surface area (Å²) in [4.78, 5) is 84.9. The number of rotatable bonds is 20. The number of carboxylic acid groups (broad SMARTS) is 1. The third-order valence-corrected chi connectivity index (χ3v) is 33.5. The van der Waals surface area contributed by atoms with E-state index >= 15 is 0 Å². The highest BCUT2D eigenvalue weighted by Crippen LogP contribution is 2.49. The number of nitriles is 3. The van der Waals surface area contributed by atoms with Crippen molar-refractivity contribution in [3.8, 4) is 18.2 Å². The Balaban J connectivity index is 0.000000131. The molecule has 5 N–H and O–H groups in total. The molecule has 21 rings (SSSR count). The number of aromatic carboxylic acids is 1. The molecule has 8 aromatic carbocycles. The maximum Gasteiger partial charge on any atom is 0.340 e. The summed E-state index contributed by atoms with van der Waals surface area (Å²) in [7, 11) is 2.78. The number of aromatic nitrogens is 3. The Labute approximate surface area is 884 Å². The van der Waals surface area contributed by atoms with Crippen LogP contribution in [0.25, 0.3) is 43.1 Å². The molecule has 0 radical (unpaired) electrons. The van der Waals surface area contributed by atoms with Gasteiger partial charge < -0.3 is 73.2 Å². The van der Waals surface area contributed by atoms with Gasteiger partial charge in [0.15, 0.2) is 11.5 Å². The van der Waals surface area contributed by atoms with Crippen LogP contribution in [-0.2, 0) is 87.2 Å². The summed E-state index contributed by atoms with van der Waals surface area (Å²) in [5.41, 5.74) is 24.4. The minimum atomic E-state index is -0.963. The topological polar surface area (TPSA) is 313 Å². The summed E-state index contributed by atoms with van der Waals surface area (Å²) in [6.45, 7) is 55.9. The van der Waals surface area contributed by atoms with Gasteiger partial charge in [-0.2, -0.15) is 15.8 Å². The van der Waals surface area contributed by atoms with Crippen molar-refractivity contribution < 1.29 is 57.8 Å². The summed E-state index contributed by atoms with van der Waals surface area (Å²) in [5, 5.41) is 50.9. The van der Waals surface area contributed by atoms with Crippen molar-refractivity contribution in [1.29, 1.82) is 15.8 Å². The Morgan fingerprint density at radius 1 is 0.440 bits per heavy atom. The van der Waals surface area contributed by atoms with Crippen molar-refractivity contribution in [2.75, 3.05) is 191 Å². The van der Waals surface area contributed by atoms with Gasteiger partial charge in [0.1, 0.15) is 0 Å². The maximum atomic E-state index is 13.9. The fourth-order valence-electron chi connectivity index (χ4n) is 24.4.